The van der Waals surface area contributed by atoms with Gasteiger partial charge in [0.05, 0.1) is 0 Å². The van der Waals surface area contributed by atoms with Crippen molar-refractivity contribution in [1.29, 1.82) is 0 Å². The molecule has 18 heavy (non-hydrogen) atoms. The number of halogens is 1. The Kier molecular flexibility index (Phi) is 4.61. The maximum absolute atomic E-state index is 11.9. The summed E-state index contributed by atoms with van der Waals surface area (Å²) in [6, 6.07) is 0.199. The summed E-state index contributed by atoms with van der Waals surface area (Å²) in [7, 11) is 0. The zero-order chi connectivity index (χ0) is 12.6. The summed E-state index contributed by atoms with van der Waals surface area (Å²) >= 11 is 0. The largest absolute Gasteiger partial charge is 0.444 e. The molecule has 2 atom stereocenters. The Bertz CT molecular complexity index is 325. The van der Waals surface area contributed by atoms with Gasteiger partial charge in [0, 0.05) is 38.0 Å². The fourth-order valence-electron chi connectivity index (χ4n) is 2.40. The van der Waals surface area contributed by atoms with E-state index in [0.717, 1.165) is 0 Å². The third kappa shape index (κ3) is 3.85. The molecule has 0 aromatic rings. The van der Waals surface area contributed by atoms with Crippen LogP contribution in [0.2, 0.25) is 0 Å². The second-order valence-corrected chi connectivity index (χ2v) is 5.89. The fourth-order valence-corrected chi connectivity index (χ4v) is 2.40. The van der Waals surface area contributed by atoms with E-state index >= 15 is 0 Å². The second kappa shape index (κ2) is 5.45. The number of amides is 1. The number of hydrogen-bond donors (Lipinski definition) is 1. The Hall–Kier alpha value is -0.810. The first-order valence-corrected chi connectivity index (χ1v) is 6.09. The quantitative estimate of drug-likeness (QED) is 0.726. The summed E-state index contributed by atoms with van der Waals surface area (Å²) in [6.45, 7) is 6.71. The minimum atomic E-state index is -0.465. The van der Waals surface area contributed by atoms with E-state index in [1.54, 1.807) is 4.90 Å². The zero-order valence-corrected chi connectivity index (χ0v) is 11.9. The smallest absolute Gasteiger partial charge is 0.410 e. The molecule has 5 nitrogen and oxygen atoms in total. The molecule has 2 fully saturated rings. The predicted molar refractivity (Wildman–Crippen MR) is 70.0 cm³/mol. The van der Waals surface area contributed by atoms with Gasteiger partial charge in [-0.1, -0.05) is 0 Å². The number of Topliss-reactive ketones (excluding diaryl/α,β-unsaturated/α-hetero) is 1. The van der Waals surface area contributed by atoms with Gasteiger partial charge in [-0.05, 0) is 20.8 Å². The number of carbonyl (C=O) groups is 2. The highest BCUT2D eigenvalue weighted by Crippen LogP contribution is 2.19. The lowest BCUT2D eigenvalue weighted by Crippen LogP contribution is -2.62. The molecule has 0 radical (unpaired) electrons. The first kappa shape index (κ1) is 15.2. The Morgan fingerprint density at radius 3 is 2.22 bits per heavy atom. The molecule has 2 unspecified atom stereocenters. The van der Waals surface area contributed by atoms with Crippen LogP contribution in [0.25, 0.3) is 0 Å². The number of fused-ring (bicyclic) bond motifs is 2. The third-order valence-electron chi connectivity index (χ3n) is 2.95. The van der Waals surface area contributed by atoms with E-state index in [2.05, 4.69) is 5.32 Å². The van der Waals surface area contributed by atoms with Gasteiger partial charge in [0.15, 0.2) is 0 Å². The first-order chi connectivity index (χ1) is 7.83. The first-order valence-electron chi connectivity index (χ1n) is 6.09. The molecule has 2 saturated heterocycles. The van der Waals surface area contributed by atoms with Crippen molar-refractivity contribution >= 4 is 24.3 Å². The van der Waals surface area contributed by atoms with Crippen LogP contribution in [0.3, 0.4) is 0 Å². The Balaban J connectivity index is 0.00000162. The zero-order valence-electron chi connectivity index (χ0n) is 11.1. The van der Waals surface area contributed by atoms with Gasteiger partial charge in [0.2, 0.25) is 0 Å². The number of hydrogen-bond acceptors (Lipinski definition) is 4. The van der Waals surface area contributed by atoms with E-state index in [4.69, 9.17) is 4.74 Å². The maximum Gasteiger partial charge on any atom is 0.410 e. The number of piperazine rings is 1. The van der Waals surface area contributed by atoms with Crippen molar-refractivity contribution in [3.63, 3.8) is 0 Å². The second-order valence-electron chi connectivity index (χ2n) is 5.89. The Morgan fingerprint density at radius 1 is 1.28 bits per heavy atom. The molecule has 2 rings (SSSR count). The van der Waals surface area contributed by atoms with Crippen molar-refractivity contribution in [3.8, 4) is 0 Å². The molecule has 2 heterocycles. The summed E-state index contributed by atoms with van der Waals surface area (Å²) in [5.41, 5.74) is -0.465. The number of carbonyl (C=O) groups excluding carboxylic acids is 2. The van der Waals surface area contributed by atoms with Crippen LogP contribution in [-0.2, 0) is 9.53 Å². The monoisotopic (exact) mass is 276 g/mol. The number of ether oxygens (including phenoxy) is 1. The summed E-state index contributed by atoms with van der Waals surface area (Å²) in [6.07, 6.45) is 0.773. The molecule has 0 saturated carbocycles. The van der Waals surface area contributed by atoms with Crippen LogP contribution < -0.4 is 5.32 Å². The number of nitrogens with zero attached hydrogens (tertiary/aromatic N) is 1. The highest BCUT2D eigenvalue weighted by Gasteiger charge is 2.36. The third-order valence-corrected chi connectivity index (χ3v) is 2.95. The Morgan fingerprint density at radius 2 is 1.78 bits per heavy atom. The van der Waals surface area contributed by atoms with E-state index in [1.807, 2.05) is 20.8 Å². The number of nitrogens with one attached hydrogen (secondary N) is 1. The molecule has 0 aliphatic carbocycles. The normalized spacial score (nSPS) is 27.5. The van der Waals surface area contributed by atoms with Crippen LogP contribution in [0.5, 0.6) is 0 Å². The van der Waals surface area contributed by atoms with Gasteiger partial charge in [0.25, 0.3) is 0 Å². The van der Waals surface area contributed by atoms with Crippen LogP contribution in [0.15, 0.2) is 0 Å². The van der Waals surface area contributed by atoms with Crippen LogP contribution in [-0.4, -0.2) is 47.6 Å². The van der Waals surface area contributed by atoms with Gasteiger partial charge in [-0.15, -0.1) is 12.4 Å². The van der Waals surface area contributed by atoms with Crippen molar-refractivity contribution in [3.05, 3.63) is 0 Å². The van der Waals surface area contributed by atoms with E-state index < -0.39 is 5.60 Å². The molecule has 6 heteroatoms. The van der Waals surface area contributed by atoms with E-state index in [0.29, 0.717) is 31.7 Å². The number of rotatable bonds is 0. The fraction of sp³-hybridized carbons (Fsp3) is 0.833. The average molecular weight is 277 g/mol. The molecule has 1 N–H and O–H groups in total. The lowest BCUT2D eigenvalue weighted by atomic mass is 9.93. The summed E-state index contributed by atoms with van der Waals surface area (Å²) in [5.74, 6) is 0.294. The lowest BCUT2D eigenvalue weighted by Gasteiger charge is -2.41. The van der Waals surface area contributed by atoms with E-state index in [9.17, 15) is 9.59 Å². The summed E-state index contributed by atoms with van der Waals surface area (Å²) in [5, 5.41) is 3.36. The van der Waals surface area contributed by atoms with Gasteiger partial charge >= 0.3 is 6.09 Å². The van der Waals surface area contributed by atoms with Crippen molar-refractivity contribution < 1.29 is 14.3 Å². The molecule has 2 aliphatic heterocycles. The predicted octanol–water partition coefficient (Wildman–Crippen LogP) is 1.35. The van der Waals surface area contributed by atoms with Gasteiger partial charge in [-0.2, -0.15) is 0 Å². The van der Waals surface area contributed by atoms with Crippen LogP contribution >= 0.6 is 12.4 Å². The molecular formula is C12H21ClN2O3. The SMILES string of the molecule is CC(C)(C)OC(=O)N1CC2CC(=O)CC(C1)N2.Cl. The lowest BCUT2D eigenvalue weighted by molar-refractivity contribution is -0.123. The molecule has 0 aromatic carbocycles. The highest BCUT2D eigenvalue weighted by molar-refractivity contribution is 5.85. The minimum absolute atomic E-state index is 0. The van der Waals surface area contributed by atoms with Gasteiger partial charge in [-0.3, -0.25) is 4.79 Å². The molecule has 1 amide bonds. The standard InChI is InChI=1S/C12H20N2O3.ClH/c1-12(2,3)17-11(16)14-6-8-4-10(15)5-9(7-14)13-8;/h8-9,13H,4-7H2,1-3H3;1H. The minimum Gasteiger partial charge on any atom is -0.444 e. The van der Waals surface area contributed by atoms with Crippen molar-refractivity contribution in [2.24, 2.45) is 0 Å². The van der Waals surface area contributed by atoms with Crippen molar-refractivity contribution in [1.82, 2.24) is 10.2 Å². The van der Waals surface area contributed by atoms with Gasteiger partial charge in [0.1, 0.15) is 11.4 Å². The molecular weight excluding hydrogens is 256 g/mol. The molecule has 104 valence electrons. The molecule has 0 aromatic heterocycles. The average Bonchev–Trinajstić information content (AvgIpc) is 2.12. The van der Waals surface area contributed by atoms with Crippen LogP contribution in [0, 0.1) is 0 Å². The van der Waals surface area contributed by atoms with Crippen LogP contribution in [0.4, 0.5) is 4.79 Å². The summed E-state index contributed by atoms with van der Waals surface area (Å²) in [4.78, 5) is 25.0. The van der Waals surface area contributed by atoms with E-state index in [1.165, 1.54) is 0 Å². The molecule has 2 aliphatic rings. The van der Waals surface area contributed by atoms with Crippen molar-refractivity contribution in [2.75, 3.05) is 13.1 Å². The number of ketones is 1. The van der Waals surface area contributed by atoms with Gasteiger partial charge in [-0.25, -0.2) is 4.79 Å². The maximum atomic E-state index is 11.9. The molecule has 0 spiro atoms. The summed E-state index contributed by atoms with van der Waals surface area (Å²) < 4.78 is 5.34. The molecule has 2 bridgehead atoms. The number of piperidine rings is 1. The topological polar surface area (TPSA) is 58.6 Å². The highest BCUT2D eigenvalue weighted by atomic mass is 35.5. The van der Waals surface area contributed by atoms with E-state index in [-0.39, 0.29) is 30.6 Å². The number of likely N-dealkylation sites (tertiary alicyclic amines) is 1. The van der Waals surface area contributed by atoms with Crippen molar-refractivity contribution in [2.45, 2.75) is 51.3 Å². The van der Waals surface area contributed by atoms with Crippen LogP contribution in [0.1, 0.15) is 33.6 Å². The Labute approximate surface area is 114 Å². The van der Waals surface area contributed by atoms with Gasteiger partial charge < -0.3 is 15.0 Å².